The van der Waals surface area contributed by atoms with Gasteiger partial charge in [0.25, 0.3) is 15.9 Å². The third-order valence-corrected chi connectivity index (χ3v) is 6.32. The number of nitrogens with one attached hydrogen (secondary N) is 2. The Hall–Kier alpha value is -2.38. The normalized spacial score (nSPS) is 16.5. The molecule has 2 N–H and O–H groups in total. The molecule has 1 saturated heterocycles. The zero-order valence-corrected chi connectivity index (χ0v) is 17.5. The van der Waals surface area contributed by atoms with Crippen molar-refractivity contribution in [1.29, 1.82) is 0 Å². The van der Waals surface area contributed by atoms with Gasteiger partial charge in [0, 0.05) is 24.4 Å². The predicted molar refractivity (Wildman–Crippen MR) is 114 cm³/mol. The molecular formula is C22H28N2O4S. The van der Waals surface area contributed by atoms with E-state index in [2.05, 4.69) is 17.0 Å². The van der Waals surface area contributed by atoms with Crippen molar-refractivity contribution in [3.05, 3.63) is 59.7 Å². The van der Waals surface area contributed by atoms with Crippen LogP contribution in [0.3, 0.4) is 0 Å². The molecule has 0 bridgehead atoms. The second-order valence-electron chi connectivity index (χ2n) is 7.28. The minimum Gasteiger partial charge on any atom is -0.376 e. The average molecular weight is 417 g/mol. The van der Waals surface area contributed by atoms with Crippen LogP contribution in [0.2, 0.25) is 0 Å². The van der Waals surface area contributed by atoms with Crippen molar-refractivity contribution < 1.29 is 17.9 Å². The van der Waals surface area contributed by atoms with E-state index in [1.165, 1.54) is 17.7 Å². The fourth-order valence-corrected chi connectivity index (χ4v) is 4.36. The highest BCUT2D eigenvalue weighted by atomic mass is 32.2. The Bertz CT molecular complexity index is 920. The molecule has 3 rings (SSSR count). The highest BCUT2D eigenvalue weighted by Crippen LogP contribution is 2.19. The van der Waals surface area contributed by atoms with Gasteiger partial charge in [0.1, 0.15) is 0 Å². The molecule has 1 amide bonds. The topological polar surface area (TPSA) is 84.5 Å². The summed E-state index contributed by atoms with van der Waals surface area (Å²) in [6.07, 6.45) is 5.16. The second-order valence-corrected chi connectivity index (χ2v) is 8.96. The molecule has 1 unspecified atom stereocenters. The molecule has 2 aromatic rings. The van der Waals surface area contributed by atoms with Gasteiger partial charge in [-0.3, -0.25) is 9.52 Å². The first-order chi connectivity index (χ1) is 14.0. The van der Waals surface area contributed by atoms with E-state index in [1.54, 1.807) is 24.3 Å². The number of amides is 1. The number of carbonyl (C=O) groups is 1. The van der Waals surface area contributed by atoms with Crippen molar-refractivity contribution in [2.24, 2.45) is 0 Å². The van der Waals surface area contributed by atoms with Crippen molar-refractivity contribution in [3.8, 4) is 0 Å². The predicted octanol–water partition coefficient (Wildman–Crippen LogP) is 3.74. The number of ether oxygens (including phenoxy) is 1. The van der Waals surface area contributed by atoms with Gasteiger partial charge in [-0.2, -0.15) is 0 Å². The summed E-state index contributed by atoms with van der Waals surface area (Å²) in [4.78, 5) is 12.4. The number of anilines is 1. The minimum absolute atomic E-state index is 0.0350. The molecule has 7 heteroatoms. The van der Waals surface area contributed by atoms with Crippen LogP contribution in [0.25, 0.3) is 0 Å². The van der Waals surface area contributed by atoms with E-state index in [1.807, 2.05) is 12.1 Å². The van der Waals surface area contributed by atoms with Gasteiger partial charge >= 0.3 is 0 Å². The van der Waals surface area contributed by atoms with Gasteiger partial charge in [-0.25, -0.2) is 8.42 Å². The monoisotopic (exact) mass is 416 g/mol. The average Bonchev–Trinajstić information content (AvgIpc) is 3.25. The molecule has 1 heterocycles. The standard InChI is InChI=1S/C22H28N2O4S/c1-2-3-6-17-10-12-19(13-11-17)24-29(26,27)21-9-4-7-18(15-21)22(25)23-16-20-8-5-14-28-20/h4,7,9-13,15,20,24H,2-3,5-6,8,14,16H2,1H3,(H,23,25). The van der Waals surface area contributed by atoms with Crippen molar-refractivity contribution in [2.45, 2.75) is 50.0 Å². The van der Waals surface area contributed by atoms with Gasteiger partial charge in [0.2, 0.25) is 0 Å². The molecule has 1 aliphatic rings. The van der Waals surface area contributed by atoms with E-state index in [4.69, 9.17) is 4.74 Å². The third kappa shape index (κ3) is 6.05. The summed E-state index contributed by atoms with van der Waals surface area (Å²) in [6, 6.07) is 13.4. The van der Waals surface area contributed by atoms with E-state index in [0.29, 0.717) is 17.8 Å². The molecule has 0 aromatic heterocycles. The number of aryl methyl sites for hydroxylation is 1. The summed E-state index contributed by atoms with van der Waals surface area (Å²) in [5.41, 5.74) is 1.99. The lowest BCUT2D eigenvalue weighted by atomic mass is 10.1. The first-order valence-electron chi connectivity index (χ1n) is 10.1. The van der Waals surface area contributed by atoms with Gasteiger partial charge in [-0.05, 0) is 61.6 Å². The summed E-state index contributed by atoms with van der Waals surface area (Å²) in [6.45, 7) is 3.29. The largest absolute Gasteiger partial charge is 0.376 e. The van der Waals surface area contributed by atoms with Gasteiger partial charge in [0.05, 0.1) is 11.0 Å². The lowest BCUT2D eigenvalue weighted by Gasteiger charge is -2.12. The fraction of sp³-hybridized carbons (Fsp3) is 0.409. The SMILES string of the molecule is CCCCc1ccc(NS(=O)(=O)c2cccc(C(=O)NCC3CCCO3)c2)cc1. The molecule has 29 heavy (non-hydrogen) atoms. The molecule has 1 aliphatic heterocycles. The summed E-state index contributed by atoms with van der Waals surface area (Å²) >= 11 is 0. The smallest absolute Gasteiger partial charge is 0.261 e. The zero-order chi connectivity index (χ0) is 20.7. The summed E-state index contributed by atoms with van der Waals surface area (Å²) in [7, 11) is -3.78. The third-order valence-electron chi connectivity index (χ3n) is 4.95. The number of rotatable bonds is 9. The number of carbonyl (C=O) groups excluding carboxylic acids is 1. The second kappa shape index (κ2) is 9.89. The first-order valence-corrected chi connectivity index (χ1v) is 11.6. The van der Waals surface area contributed by atoms with Gasteiger partial charge in [-0.1, -0.05) is 31.5 Å². The Morgan fingerprint density at radius 3 is 2.66 bits per heavy atom. The minimum atomic E-state index is -3.78. The summed E-state index contributed by atoms with van der Waals surface area (Å²) in [5, 5.41) is 2.81. The van der Waals surface area contributed by atoms with Crippen LogP contribution in [-0.2, 0) is 21.2 Å². The number of sulfonamides is 1. The Kier molecular flexibility index (Phi) is 7.28. The van der Waals surface area contributed by atoms with E-state index in [9.17, 15) is 13.2 Å². The molecule has 2 aromatic carbocycles. The molecule has 0 spiro atoms. The molecule has 1 fully saturated rings. The fourth-order valence-electron chi connectivity index (χ4n) is 3.25. The van der Waals surface area contributed by atoms with Crippen molar-refractivity contribution >= 4 is 21.6 Å². The van der Waals surface area contributed by atoms with Crippen molar-refractivity contribution in [2.75, 3.05) is 17.9 Å². The van der Waals surface area contributed by atoms with Crippen LogP contribution < -0.4 is 10.0 Å². The van der Waals surface area contributed by atoms with Gasteiger partial charge in [0.15, 0.2) is 0 Å². The van der Waals surface area contributed by atoms with Crippen LogP contribution in [0.1, 0.15) is 48.5 Å². The number of unbranched alkanes of at least 4 members (excludes halogenated alkanes) is 1. The Morgan fingerprint density at radius 1 is 1.17 bits per heavy atom. The molecule has 0 aliphatic carbocycles. The van der Waals surface area contributed by atoms with E-state index >= 15 is 0 Å². The van der Waals surface area contributed by atoms with Crippen LogP contribution in [-0.4, -0.2) is 33.6 Å². The number of hydrogen-bond acceptors (Lipinski definition) is 4. The maximum absolute atomic E-state index is 12.7. The lowest BCUT2D eigenvalue weighted by molar-refractivity contribution is 0.0857. The maximum atomic E-state index is 12.7. The number of hydrogen-bond donors (Lipinski definition) is 2. The molecule has 6 nitrogen and oxygen atoms in total. The Morgan fingerprint density at radius 2 is 1.97 bits per heavy atom. The van der Waals surface area contributed by atoms with E-state index in [0.717, 1.165) is 38.7 Å². The molecule has 156 valence electrons. The molecular weight excluding hydrogens is 388 g/mol. The zero-order valence-electron chi connectivity index (χ0n) is 16.7. The van der Waals surface area contributed by atoms with Crippen LogP contribution in [0.4, 0.5) is 5.69 Å². The lowest BCUT2D eigenvalue weighted by Crippen LogP contribution is -2.31. The number of benzene rings is 2. The molecule has 0 saturated carbocycles. The van der Waals surface area contributed by atoms with Crippen LogP contribution >= 0.6 is 0 Å². The summed E-state index contributed by atoms with van der Waals surface area (Å²) in [5.74, 6) is -0.308. The van der Waals surface area contributed by atoms with Gasteiger partial charge < -0.3 is 10.1 Å². The van der Waals surface area contributed by atoms with Gasteiger partial charge in [-0.15, -0.1) is 0 Å². The Balaban J connectivity index is 1.65. The maximum Gasteiger partial charge on any atom is 0.261 e. The van der Waals surface area contributed by atoms with Crippen LogP contribution in [0.15, 0.2) is 53.4 Å². The van der Waals surface area contributed by atoms with Crippen LogP contribution in [0, 0.1) is 0 Å². The first kappa shape index (κ1) is 21.3. The molecule has 1 atom stereocenters. The van der Waals surface area contributed by atoms with E-state index < -0.39 is 10.0 Å². The highest BCUT2D eigenvalue weighted by molar-refractivity contribution is 7.92. The quantitative estimate of drug-likeness (QED) is 0.652. The van der Waals surface area contributed by atoms with Crippen molar-refractivity contribution in [1.82, 2.24) is 5.32 Å². The van der Waals surface area contributed by atoms with Crippen molar-refractivity contribution in [3.63, 3.8) is 0 Å². The Labute approximate surface area is 172 Å². The van der Waals surface area contributed by atoms with E-state index in [-0.39, 0.29) is 16.9 Å². The van der Waals surface area contributed by atoms with Crippen LogP contribution in [0.5, 0.6) is 0 Å². The summed E-state index contributed by atoms with van der Waals surface area (Å²) < 4.78 is 33.5. The molecule has 0 radical (unpaired) electrons. The highest BCUT2D eigenvalue weighted by Gasteiger charge is 2.19.